The molecule has 0 aliphatic heterocycles. The van der Waals surface area contributed by atoms with Crippen molar-refractivity contribution in [3.63, 3.8) is 0 Å². The number of nitrogens with zero attached hydrogens (tertiary/aromatic N) is 1. The van der Waals surface area contributed by atoms with Crippen molar-refractivity contribution < 1.29 is 0 Å². The molecule has 2 unspecified atom stereocenters. The highest BCUT2D eigenvalue weighted by Crippen LogP contribution is 2.38. The summed E-state index contributed by atoms with van der Waals surface area (Å²) >= 11 is 7.53. The predicted octanol–water partition coefficient (Wildman–Crippen LogP) is 3.48. The topological polar surface area (TPSA) is 12.9 Å². The molecule has 0 amide bonds. The van der Waals surface area contributed by atoms with Gasteiger partial charge in [-0.25, -0.2) is 4.98 Å². The fourth-order valence-corrected chi connectivity index (χ4v) is 3.22. The summed E-state index contributed by atoms with van der Waals surface area (Å²) in [6.07, 6.45) is 2.40. The van der Waals surface area contributed by atoms with E-state index in [2.05, 4.69) is 18.8 Å². The van der Waals surface area contributed by atoms with Gasteiger partial charge in [-0.05, 0) is 24.7 Å². The first-order valence-electron chi connectivity index (χ1n) is 4.32. The van der Waals surface area contributed by atoms with Crippen molar-refractivity contribution in [2.45, 2.75) is 32.6 Å². The first-order chi connectivity index (χ1) is 5.66. The van der Waals surface area contributed by atoms with Crippen molar-refractivity contribution in [3.05, 3.63) is 15.0 Å². The van der Waals surface area contributed by atoms with E-state index in [4.69, 9.17) is 11.6 Å². The van der Waals surface area contributed by atoms with Gasteiger partial charge in [0.2, 0.25) is 0 Å². The highest BCUT2D eigenvalue weighted by Gasteiger charge is 2.24. The van der Waals surface area contributed by atoms with Gasteiger partial charge in [-0.15, -0.1) is 11.3 Å². The van der Waals surface area contributed by atoms with Crippen LogP contribution in [-0.2, 0) is 6.42 Å². The van der Waals surface area contributed by atoms with Gasteiger partial charge in [-0.2, -0.15) is 0 Å². The Morgan fingerprint density at radius 2 is 2.25 bits per heavy atom. The Labute approximate surface area is 81.8 Å². The third-order valence-corrected chi connectivity index (χ3v) is 3.88. The second-order valence-electron chi connectivity index (χ2n) is 3.72. The molecule has 66 valence electrons. The predicted molar refractivity (Wildman–Crippen MR) is 53.0 cm³/mol. The standard InChI is InChI=1S/C9H12ClNS/c1-5-3-6(2)8-7(4-5)11-9(10)12-8/h5-6H,3-4H2,1-2H3. The number of hydrogen-bond acceptors (Lipinski definition) is 2. The lowest BCUT2D eigenvalue weighted by Gasteiger charge is -2.22. The SMILES string of the molecule is CC1Cc2nc(Cl)sc2C(C)C1. The lowest BCUT2D eigenvalue weighted by molar-refractivity contribution is 0.450. The van der Waals surface area contributed by atoms with Crippen molar-refractivity contribution in [3.8, 4) is 0 Å². The number of rotatable bonds is 0. The molecule has 1 aromatic heterocycles. The Bertz CT molecular complexity index is 295. The minimum absolute atomic E-state index is 0.661. The minimum atomic E-state index is 0.661. The molecule has 1 heterocycles. The quantitative estimate of drug-likeness (QED) is 0.627. The van der Waals surface area contributed by atoms with Gasteiger partial charge >= 0.3 is 0 Å². The maximum Gasteiger partial charge on any atom is 0.184 e. The smallest absolute Gasteiger partial charge is 0.184 e. The van der Waals surface area contributed by atoms with Gasteiger partial charge in [0.15, 0.2) is 4.47 Å². The zero-order valence-electron chi connectivity index (χ0n) is 7.30. The summed E-state index contributed by atoms with van der Waals surface area (Å²) in [6.45, 7) is 4.55. The summed E-state index contributed by atoms with van der Waals surface area (Å²) in [4.78, 5) is 5.75. The average Bonchev–Trinajstić information content (AvgIpc) is 2.29. The zero-order valence-corrected chi connectivity index (χ0v) is 8.87. The number of aromatic nitrogens is 1. The second-order valence-corrected chi connectivity index (χ2v) is 5.34. The van der Waals surface area contributed by atoms with E-state index >= 15 is 0 Å². The Hall–Kier alpha value is -0.0800. The molecule has 0 bridgehead atoms. The fourth-order valence-electron chi connectivity index (χ4n) is 1.99. The van der Waals surface area contributed by atoms with Crippen LogP contribution in [0.25, 0.3) is 0 Å². The van der Waals surface area contributed by atoms with E-state index in [-0.39, 0.29) is 0 Å². The zero-order chi connectivity index (χ0) is 8.72. The highest BCUT2D eigenvalue weighted by molar-refractivity contribution is 7.15. The molecule has 1 aliphatic rings. The molecule has 0 saturated heterocycles. The summed E-state index contributed by atoms with van der Waals surface area (Å²) in [5.74, 6) is 1.43. The maximum absolute atomic E-state index is 5.87. The molecular formula is C9H12ClNS. The van der Waals surface area contributed by atoms with Crippen molar-refractivity contribution in [2.75, 3.05) is 0 Å². The van der Waals surface area contributed by atoms with Crippen LogP contribution in [-0.4, -0.2) is 4.98 Å². The second kappa shape index (κ2) is 3.00. The maximum atomic E-state index is 5.87. The van der Waals surface area contributed by atoms with Crippen LogP contribution in [0.3, 0.4) is 0 Å². The number of hydrogen-bond donors (Lipinski definition) is 0. The third kappa shape index (κ3) is 1.38. The average molecular weight is 202 g/mol. The van der Waals surface area contributed by atoms with Gasteiger partial charge in [0.25, 0.3) is 0 Å². The van der Waals surface area contributed by atoms with E-state index in [1.807, 2.05) is 0 Å². The molecule has 1 nitrogen and oxygen atoms in total. The van der Waals surface area contributed by atoms with Crippen LogP contribution in [0.1, 0.15) is 36.8 Å². The van der Waals surface area contributed by atoms with Gasteiger partial charge < -0.3 is 0 Å². The summed E-state index contributed by atoms with van der Waals surface area (Å²) in [5.41, 5.74) is 1.25. The van der Waals surface area contributed by atoms with Gasteiger partial charge in [-0.3, -0.25) is 0 Å². The fraction of sp³-hybridized carbons (Fsp3) is 0.667. The minimum Gasteiger partial charge on any atom is -0.230 e. The van der Waals surface area contributed by atoms with Gasteiger partial charge in [0, 0.05) is 4.88 Å². The third-order valence-electron chi connectivity index (χ3n) is 2.45. The molecule has 0 radical (unpaired) electrons. The lowest BCUT2D eigenvalue weighted by Crippen LogP contribution is -2.12. The van der Waals surface area contributed by atoms with Gasteiger partial charge in [0.05, 0.1) is 5.69 Å². The van der Waals surface area contributed by atoms with Crippen molar-refractivity contribution in [1.82, 2.24) is 4.98 Å². The molecule has 0 spiro atoms. The monoisotopic (exact) mass is 201 g/mol. The molecule has 0 fully saturated rings. The Morgan fingerprint density at radius 3 is 3.00 bits per heavy atom. The largest absolute Gasteiger partial charge is 0.230 e. The van der Waals surface area contributed by atoms with Crippen LogP contribution in [0.4, 0.5) is 0 Å². The lowest BCUT2D eigenvalue weighted by atomic mass is 9.86. The molecule has 0 N–H and O–H groups in total. The Morgan fingerprint density at radius 1 is 1.50 bits per heavy atom. The van der Waals surface area contributed by atoms with E-state index in [0.29, 0.717) is 10.4 Å². The van der Waals surface area contributed by atoms with Crippen molar-refractivity contribution in [1.29, 1.82) is 0 Å². The van der Waals surface area contributed by atoms with Crippen LogP contribution < -0.4 is 0 Å². The molecular weight excluding hydrogens is 190 g/mol. The van der Waals surface area contributed by atoms with Gasteiger partial charge in [0.1, 0.15) is 0 Å². The summed E-state index contributed by atoms with van der Waals surface area (Å²) in [7, 11) is 0. The normalized spacial score (nSPS) is 28.6. The summed E-state index contributed by atoms with van der Waals surface area (Å²) in [6, 6.07) is 0. The van der Waals surface area contributed by atoms with Crippen LogP contribution in [0.15, 0.2) is 0 Å². The van der Waals surface area contributed by atoms with Gasteiger partial charge in [-0.1, -0.05) is 25.4 Å². The number of fused-ring (bicyclic) bond motifs is 1. The number of halogens is 1. The van der Waals surface area contributed by atoms with E-state index < -0.39 is 0 Å². The molecule has 0 aromatic carbocycles. The first kappa shape index (κ1) is 8.52. The van der Waals surface area contributed by atoms with Crippen LogP contribution >= 0.6 is 22.9 Å². The summed E-state index contributed by atoms with van der Waals surface area (Å²) in [5, 5.41) is 0. The van der Waals surface area contributed by atoms with Crippen molar-refractivity contribution in [2.24, 2.45) is 5.92 Å². The molecule has 0 saturated carbocycles. The Kier molecular flexibility index (Phi) is 2.13. The molecule has 2 atom stereocenters. The van der Waals surface area contributed by atoms with E-state index in [9.17, 15) is 0 Å². The number of thiazole rings is 1. The molecule has 2 rings (SSSR count). The first-order valence-corrected chi connectivity index (χ1v) is 5.51. The highest BCUT2D eigenvalue weighted by atomic mass is 35.5. The molecule has 3 heteroatoms. The van der Waals surface area contributed by atoms with E-state index in [0.717, 1.165) is 12.3 Å². The summed E-state index contributed by atoms with van der Waals surface area (Å²) < 4.78 is 0.709. The van der Waals surface area contributed by atoms with Crippen LogP contribution in [0.5, 0.6) is 0 Å². The van der Waals surface area contributed by atoms with Crippen LogP contribution in [0, 0.1) is 5.92 Å². The molecule has 12 heavy (non-hydrogen) atoms. The van der Waals surface area contributed by atoms with E-state index in [1.165, 1.54) is 17.0 Å². The Balaban J connectivity index is 2.40. The van der Waals surface area contributed by atoms with E-state index in [1.54, 1.807) is 11.3 Å². The molecule has 1 aromatic rings. The van der Waals surface area contributed by atoms with Crippen LogP contribution in [0.2, 0.25) is 4.47 Å². The molecule has 1 aliphatic carbocycles. The van der Waals surface area contributed by atoms with Crippen molar-refractivity contribution >= 4 is 22.9 Å².